The first kappa shape index (κ1) is 24.3. The molecule has 0 amide bonds. The summed E-state index contributed by atoms with van der Waals surface area (Å²) in [6, 6.07) is 13.1. The van der Waals surface area contributed by atoms with Gasteiger partial charge in [-0.15, -0.1) is 0 Å². The van der Waals surface area contributed by atoms with Gasteiger partial charge in [0, 0.05) is 0 Å². The largest absolute Gasteiger partial charge is 0.493 e. The number of aryl methyl sites for hydroxylation is 1. The van der Waals surface area contributed by atoms with E-state index in [1.807, 2.05) is 20.8 Å². The van der Waals surface area contributed by atoms with Gasteiger partial charge in [0.2, 0.25) is 15.7 Å². The average Bonchev–Trinajstić information content (AvgIpc) is 3.10. The third-order valence-electron chi connectivity index (χ3n) is 4.93. The fourth-order valence-electron chi connectivity index (χ4n) is 3.36. The maximum Gasteiger partial charge on any atom is 0.317 e. The van der Waals surface area contributed by atoms with E-state index in [-0.39, 0.29) is 27.8 Å². The molecule has 3 aromatic rings. The molecule has 0 spiro atoms. The van der Waals surface area contributed by atoms with Crippen molar-refractivity contribution in [3.05, 3.63) is 59.8 Å². The summed E-state index contributed by atoms with van der Waals surface area (Å²) in [6.45, 7) is 7.14. The van der Waals surface area contributed by atoms with Crippen LogP contribution in [-0.4, -0.2) is 38.4 Å². The van der Waals surface area contributed by atoms with Gasteiger partial charge in [-0.25, -0.2) is 13.1 Å². The Hall–Kier alpha value is -3.33. The standard InChI is InChI=1S/C24H28N2O6S/c1-16-22(33(28,29)18-10-8-7-9-11-18)23(26(25-16)24(2,3)4)32-21(27)15-17-12-13-19(30-5)20(14-17)31-6/h7-14H,15H2,1-6H3. The third kappa shape index (κ3) is 5.03. The number of aromatic nitrogens is 2. The number of carbonyl (C=O) groups is 1. The first-order valence-electron chi connectivity index (χ1n) is 10.3. The Kier molecular flexibility index (Phi) is 6.83. The lowest BCUT2D eigenvalue weighted by Crippen LogP contribution is -2.26. The quantitative estimate of drug-likeness (QED) is 0.481. The van der Waals surface area contributed by atoms with Crippen LogP contribution in [0, 0.1) is 6.92 Å². The Bertz CT molecular complexity index is 1260. The molecule has 0 atom stereocenters. The number of sulfone groups is 1. The van der Waals surface area contributed by atoms with E-state index >= 15 is 0 Å². The van der Waals surface area contributed by atoms with Gasteiger partial charge in [-0.05, 0) is 57.5 Å². The number of hydrogen-bond donors (Lipinski definition) is 0. The van der Waals surface area contributed by atoms with Gasteiger partial charge in [0.25, 0.3) is 0 Å². The molecular formula is C24H28N2O6S. The number of esters is 1. The second-order valence-corrected chi connectivity index (χ2v) is 10.3. The first-order valence-corrected chi connectivity index (χ1v) is 11.8. The van der Waals surface area contributed by atoms with Crippen molar-refractivity contribution in [3.8, 4) is 17.4 Å². The topological polar surface area (TPSA) is 96.7 Å². The number of ether oxygens (including phenoxy) is 3. The van der Waals surface area contributed by atoms with Crippen LogP contribution in [-0.2, 0) is 26.6 Å². The molecule has 1 aromatic heterocycles. The smallest absolute Gasteiger partial charge is 0.317 e. The van der Waals surface area contributed by atoms with Crippen LogP contribution in [0.4, 0.5) is 0 Å². The van der Waals surface area contributed by atoms with Crippen molar-refractivity contribution in [2.24, 2.45) is 0 Å². The highest BCUT2D eigenvalue weighted by molar-refractivity contribution is 7.91. The maximum atomic E-state index is 13.4. The molecule has 0 aliphatic carbocycles. The first-order chi connectivity index (χ1) is 15.5. The normalized spacial score (nSPS) is 11.8. The molecular weight excluding hydrogens is 444 g/mol. The summed E-state index contributed by atoms with van der Waals surface area (Å²) in [4.78, 5) is 12.9. The lowest BCUT2D eigenvalue weighted by Gasteiger charge is -2.22. The number of rotatable bonds is 7. The highest BCUT2D eigenvalue weighted by Crippen LogP contribution is 2.36. The molecule has 0 aliphatic rings. The van der Waals surface area contributed by atoms with Crippen LogP contribution in [0.25, 0.3) is 0 Å². The summed E-state index contributed by atoms with van der Waals surface area (Å²) in [6.07, 6.45) is -0.0977. The van der Waals surface area contributed by atoms with Gasteiger partial charge in [0.15, 0.2) is 16.4 Å². The van der Waals surface area contributed by atoms with Crippen LogP contribution < -0.4 is 14.2 Å². The summed E-state index contributed by atoms with van der Waals surface area (Å²) in [5.74, 6) is 0.282. The number of hydrogen-bond acceptors (Lipinski definition) is 7. The Labute approximate surface area is 194 Å². The summed E-state index contributed by atoms with van der Waals surface area (Å²) < 4.78 is 44.5. The third-order valence-corrected chi connectivity index (χ3v) is 6.83. The van der Waals surface area contributed by atoms with Crippen molar-refractivity contribution in [1.29, 1.82) is 0 Å². The molecule has 9 heteroatoms. The fraction of sp³-hybridized carbons (Fsp3) is 0.333. The Morgan fingerprint density at radius 1 is 1.00 bits per heavy atom. The molecule has 1 heterocycles. The predicted molar refractivity (Wildman–Crippen MR) is 123 cm³/mol. The predicted octanol–water partition coefficient (Wildman–Crippen LogP) is 3.94. The van der Waals surface area contributed by atoms with E-state index in [4.69, 9.17) is 14.2 Å². The van der Waals surface area contributed by atoms with E-state index in [0.29, 0.717) is 17.1 Å². The maximum absolute atomic E-state index is 13.4. The van der Waals surface area contributed by atoms with Crippen molar-refractivity contribution in [2.45, 2.75) is 49.4 Å². The van der Waals surface area contributed by atoms with Crippen molar-refractivity contribution < 1.29 is 27.4 Å². The zero-order chi connectivity index (χ0) is 24.4. The minimum absolute atomic E-state index is 0.0961. The van der Waals surface area contributed by atoms with Crippen LogP contribution in [0.1, 0.15) is 32.0 Å². The molecule has 8 nitrogen and oxygen atoms in total. The van der Waals surface area contributed by atoms with E-state index in [0.717, 1.165) is 0 Å². The molecule has 2 aromatic carbocycles. The number of benzene rings is 2. The van der Waals surface area contributed by atoms with Crippen molar-refractivity contribution in [3.63, 3.8) is 0 Å². The molecule has 176 valence electrons. The highest BCUT2D eigenvalue weighted by Gasteiger charge is 2.34. The number of methoxy groups -OCH3 is 2. The van der Waals surface area contributed by atoms with Crippen molar-refractivity contribution in [2.75, 3.05) is 14.2 Å². The number of nitrogens with zero attached hydrogens (tertiary/aromatic N) is 2. The summed E-state index contributed by atoms with van der Waals surface area (Å²) in [5.41, 5.74) is 0.250. The molecule has 0 aliphatic heterocycles. The minimum Gasteiger partial charge on any atom is -0.493 e. The number of carbonyl (C=O) groups excluding carboxylic acids is 1. The molecule has 0 unspecified atom stereocenters. The van der Waals surface area contributed by atoms with E-state index < -0.39 is 21.3 Å². The van der Waals surface area contributed by atoms with E-state index in [2.05, 4.69) is 5.10 Å². The van der Waals surface area contributed by atoms with Crippen molar-refractivity contribution >= 4 is 15.8 Å². The Morgan fingerprint density at radius 2 is 1.64 bits per heavy atom. The van der Waals surface area contributed by atoms with Crippen molar-refractivity contribution in [1.82, 2.24) is 9.78 Å². The molecule has 0 bridgehead atoms. The van der Waals surface area contributed by atoms with Gasteiger partial charge in [-0.1, -0.05) is 24.3 Å². The molecule has 0 N–H and O–H groups in total. The van der Waals surface area contributed by atoms with E-state index in [9.17, 15) is 13.2 Å². The van der Waals surface area contributed by atoms with E-state index in [1.54, 1.807) is 43.3 Å². The monoisotopic (exact) mass is 472 g/mol. The second-order valence-electron chi connectivity index (χ2n) is 8.46. The summed E-state index contributed by atoms with van der Waals surface area (Å²) in [7, 11) is -0.945. The second kappa shape index (κ2) is 9.27. The minimum atomic E-state index is -3.97. The van der Waals surface area contributed by atoms with Crippen LogP contribution in [0.3, 0.4) is 0 Å². The zero-order valence-corrected chi connectivity index (χ0v) is 20.4. The highest BCUT2D eigenvalue weighted by atomic mass is 32.2. The van der Waals surface area contributed by atoms with Crippen LogP contribution in [0.5, 0.6) is 17.4 Å². The van der Waals surface area contributed by atoms with Gasteiger partial charge in [-0.2, -0.15) is 5.10 Å². The van der Waals surface area contributed by atoms with Gasteiger partial charge >= 0.3 is 5.97 Å². The van der Waals surface area contributed by atoms with Crippen LogP contribution in [0.15, 0.2) is 58.3 Å². The molecule has 0 saturated heterocycles. The Morgan fingerprint density at radius 3 is 2.21 bits per heavy atom. The van der Waals surface area contributed by atoms with Crippen LogP contribution in [0.2, 0.25) is 0 Å². The lowest BCUT2D eigenvalue weighted by molar-refractivity contribution is -0.134. The lowest BCUT2D eigenvalue weighted by atomic mass is 10.1. The van der Waals surface area contributed by atoms with E-state index in [1.165, 1.54) is 31.0 Å². The SMILES string of the molecule is COc1ccc(CC(=O)Oc2c(S(=O)(=O)c3ccccc3)c(C)nn2C(C)(C)C)cc1OC. The van der Waals surface area contributed by atoms with Crippen LogP contribution >= 0.6 is 0 Å². The molecule has 0 fully saturated rings. The van der Waals surface area contributed by atoms with Gasteiger partial charge < -0.3 is 14.2 Å². The van der Waals surface area contributed by atoms with Gasteiger partial charge in [0.05, 0.1) is 36.8 Å². The summed E-state index contributed by atoms with van der Waals surface area (Å²) in [5, 5.41) is 4.41. The average molecular weight is 473 g/mol. The zero-order valence-electron chi connectivity index (χ0n) is 19.6. The molecule has 0 saturated carbocycles. The van der Waals surface area contributed by atoms with Gasteiger partial charge in [0.1, 0.15) is 0 Å². The molecule has 33 heavy (non-hydrogen) atoms. The summed E-state index contributed by atoms with van der Waals surface area (Å²) >= 11 is 0. The Balaban J connectivity index is 2.02. The molecule has 0 radical (unpaired) electrons. The fourth-order valence-corrected chi connectivity index (χ4v) is 4.90. The van der Waals surface area contributed by atoms with Gasteiger partial charge in [-0.3, -0.25) is 4.79 Å². The molecule has 3 rings (SSSR count).